The summed E-state index contributed by atoms with van der Waals surface area (Å²) in [6.07, 6.45) is 0.472. The normalized spacial score (nSPS) is 12.9. The van der Waals surface area contributed by atoms with Crippen molar-refractivity contribution in [1.29, 1.82) is 0 Å². The van der Waals surface area contributed by atoms with E-state index in [1.807, 2.05) is 57.3 Å². The maximum atomic E-state index is 14.0. The summed E-state index contributed by atoms with van der Waals surface area (Å²) in [6, 6.07) is 47.9. The quantitative estimate of drug-likeness (QED) is 0.112. The van der Waals surface area contributed by atoms with Crippen LogP contribution in [0.4, 0.5) is 4.39 Å². The number of para-hydroxylation sites is 2. The Morgan fingerprint density at radius 2 is 1.40 bits per heavy atom. The van der Waals surface area contributed by atoms with E-state index in [1.165, 1.54) is 39.6 Å². The molecular weight excluding hydrogens is 1030 g/mol. The Balaban J connectivity index is 0.000000220. The molecule has 9 aromatic rings. The largest absolute Gasteiger partial charge is 0.333 e. The van der Waals surface area contributed by atoms with Crippen molar-refractivity contribution in [3.05, 3.63) is 168 Å². The molecule has 0 aliphatic carbocycles. The number of thiophene rings is 1. The first kappa shape index (κ1) is 47.0. The number of benzene rings is 6. The summed E-state index contributed by atoms with van der Waals surface area (Å²) in [4.78, 5) is 9.93. The Labute approximate surface area is 420 Å². The molecule has 3 nitrogen and oxygen atoms in total. The fraction of sp³-hybridized carbons (Fsp3) is 0.300. The minimum atomic E-state index is -1.74. The molecule has 0 unspecified atom stereocenters. The molecule has 6 aromatic carbocycles. The van der Waals surface area contributed by atoms with Crippen LogP contribution in [0.15, 0.2) is 128 Å². The standard InChI is InChI=1S/C37H30FN2S.C23H34NSi.Ir/c1-22(2)29-19-26(24-10-6-5-7-11-24)20-30(23(3)4)36(29)40-33-13-9-8-12-32(33)39-37(40)25-14-17-34-31(18-25)28-16-15-27(38)21-35(28)41-34;1-22(2,3)15-18-14-20(24-16-21(18)25(7,8)9)17-11-10-12-19(13-17)23(4,5)6;/h5-13,15-23H,1-4H3;10,12-14,16H,15H2,1-9H3;/q2*-1;/i;15D2;. The van der Waals surface area contributed by atoms with Gasteiger partial charge in [-0.2, -0.15) is 11.3 Å². The molecule has 1 radical (unpaired) electrons. The number of aromatic nitrogens is 3. The maximum Gasteiger partial charge on any atom is 0.124 e. The van der Waals surface area contributed by atoms with Crippen LogP contribution in [-0.2, 0) is 31.9 Å². The Morgan fingerprint density at radius 3 is 2.04 bits per heavy atom. The maximum absolute atomic E-state index is 14.0. The van der Waals surface area contributed by atoms with E-state index >= 15 is 0 Å². The molecule has 0 bridgehead atoms. The molecule has 3 aromatic heterocycles. The zero-order valence-corrected chi connectivity index (χ0v) is 45.5. The van der Waals surface area contributed by atoms with Crippen molar-refractivity contribution in [1.82, 2.24) is 14.5 Å². The fourth-order valence-corrected chi connectivity index (χ4v) is 11.1. The predicted molar refractivity (Wildman–Crippen MR) is 285 cm³/mol. The van der Waals surface area contributed by atoms with Gasteiger partial charge in [-0.05, 0) is 109 Å². The first-order valence-corrected chi connectivity index (χ1v) is 27.5. The monoisotopic (exact) mass is 1100 g/mol. The fourth-order valence-electron chi connectivity index (χ4n) is 8.66. The summed E-state index contributed by atoms with van der Waals surface area (Å²) in [5.74, 6) is 1.24. The minimum absolute atomic E-state index is 0. The van der Waals surface area contributed by atoms with E-state index in [1.54, 1.807) is 17.4 Å². The number of fused-ring (bicyclic) bond motifs is 4. The van der Waals surface area contributed by atoms with Gasteiger partial charge in [0.15, 0.2) is 0 Å². The van der Waals surface area contributed by atoms with Gasteiger partial charge in [-0.3, -0.25) is 4.98 Å². The van der Waals surface area contributed by atoms with Gasteiger partial charge in [0.05, 0.1) is 24.9 Å². The minimum Gasteiger partial charge on any atom is -0.333 e. The molecule has 0 N–H and O–H groups in total. The van der Waals surface area contributed by atoms with Gasteiger partial charge >= 0.3 is 0 Å². The SMILES string of the molecule is CC(C)c1cc(-c2ccccc2)cc(C(C)C)c1-n1c(-c2[c-]cc3sc4cc(F)ccc4c3c2)nc2ccccc21.[2H]C([2H])(c1cc(-c2[c-]ccc(C(C)(C)C)c2)ncc1[Si](C)(C)C)C(C)(C)C.[Ir]. The van der Waals surface area contributed by atoms with Gasteiger partial charge in [-0.15, -0.1) is 59.2 Å². The summed E-state index contributed by atoms with van der Waals surface area (Å²) >= 11 is 1.60. The first-order valence-electron chi connectivity index (χ1n) is 24.2. The average Bonchev–Trinajstić information content (AvgIpc) is 3.85. The zero-order chi connectivity index (χ0) is 49.1. The van der Waals surface area contributed by atoms with E-state index in [0.29, 0.717) is 11.8 Å². The molecule has 0 amide bonds. The van der Waals surface area contributed by atoms with Crippen molar-refractivity contribution in [3.8, 4) is 39.5 Å². The Morgan fingerprint density at radius 1 is 0.731 bits per heavy atom. The second-order valence-electron chi connectivity index (χ2n) is 21.3. The topological polar surface area (TPSA) is 30.7 Å². The number of pyridine rings is 1. The van der Waals surface area contributed by atoms with E-state index in [2.05, 4.69) is 164 Å². The molecule has 3 heterocycles. The van der Waals surface area contributed by atoms with Crippen LogP contribution in [0.1, 0.15) is 106 Å². The third-order valence-electron chi connectivity index (χ3n) is 12.1. The van der Waals surface area contributed by atoms with Gasteiger partial charge in [0.2, 0.25) is 0 Å². The van der Waals surface area contributed by atoms with Crippen molar-refractivity contribution in [2.75, 3.05) is 0 Å². The summed E-state index contributed by atoms with van der Waals surface area (Å²) in [5.41, 5.74) is 12.5. The van der Waals surface area contributed by atoms with Crippen LogP contribution in [0.2, 0.25) is 19.6 Å². The molecule has 0 spiro atoms. The second kappa shape index (κ2) is 19.5. The average molecular weight is 1100 g/mol. The third-order valence-corrected chi connectivity index (χ3v) is 15.2. The van der Waals surface area contributed by atoms with Gasteiger partial charge in [0.25, 0.3) is 0 Å². The molecule has 0 aliphatic rings. The molecule has 0 atom stereocenters. The smallest absolute Gasteiger partial charge is 0.124 e. The van der Waals surface area contributed by atoms with Crippen molar-refractivity contribution >= 4 is 55.8 Å². The van der Waals surface area contributed by atoms with Crippen molar-refractivity contribution in [2.24, 2.45) is 5.41 Å². The van der Waals surface area contributed by atoms with Crippen LogP contribution in [-0.4, -0.2) is 22.6 Å². The third kappa shape index (κ3) is 10.8. The van der Waals surface area contributed by atoms with Crippen molar-refractivity contribution in [3.63, 3.8) is 0 Å². The van der Waals surface area contributed by atoms with Crippen LogP contribution >= 0.6 is 11.3 Å². The molecule has 0 saturated carbocycles. The molecule has 67 heavy (non-hydrogen) atoms. The van der Waals surface area contributed by atoms with Crippen molar-refractivity contribution < 1.29 is 27.2 Å². The van der Waals surface area contributed by atoms with Crippen LogP contribution in [0.3, 0.4) is 0 Å². The summed E-state index contributed by atoms with van der Waals surface area (Å²) in [6.45, 7) is 28.3. The summed E-state index contributed by atoms with van der Waals surface area (Å²) in [5, 5.41) is 3.25. The van der Waals surface area contributed by atoms with Gasteiger partial charge in [-0.25, -0.2) is 4.39 Å². The van der Waals surface area contributed by atoms with E-state index in [0.717, 1.165) is 64.6 Å². The number of hydrogen-bond donors (Lipinski definition) is 0. The summed E-state index contributed by atoms with van der Waals surface area (Å²) < 4.78 is 36.2. The molecule has 0 fully saturated rings. The number of nitrogens with zero attached hydrogens (tertiary/aromatic N) is 3. The molecule has 0 aliphatic heterocycles. The van der Waals surface area contributed by atoms with E-state index in [9.17, 15) is 4.39 Å². The molecule has 9 rings (SSSR count). The molecule has 347 valence electrons. The first-order chi connectivity index (χ1) is 31.9. The molecular formula is C60H64FIrN3SSi-2. The number of imidazole rings is 1. The second-order valence-corrected chi connectivity index (χ2v) is 27.4. The zero-order valence-electron chi connectivity index (χ0n) is 43.2. The van der Waals surface area contributed by atoms with Gasteiger partial charge < -0.3 is 9.55 Å². The number of halogens is 1. The van der Waals surface area contributed by atoms with E-state index < -0.39 is 19.9 Å². The van der Waals surface area contributed by atoms with Crippen LogP contribution in [0, 0.1) is 23.4 Å². The van der Waals surface area contributed by atoms with Crippen LogP contribution in [0.25, 0.3) is 70.7 Å². The van der Waals surface area contributed by atoms with E-state index in [-0.39, 0.29) is 31.3 Å². The molecule has 0 saturated heterocycles. The Kier molecular flexibility index (Phi) is 13.7. The van der Waals surface area contributed by atoms with Gasteiger partial charge in [0.1, 0.15) is 5.82 Å². The Hall–Kier alpha value is -5.04. The molecule has 7 heteroatoms. The van der Waals surface area contributed by atoms with Gasteiger partial charge in [0, 0.05) is 39.4 Å². The van der Waals surface area contributed by atoms with Crippen LogP contribution in [0.5, 0.6) is 0 Å². The van der Waals surface area contributed by atoms with E-state index in [4.69, 9.17) is 12.7 Å². The Bertz CT molecular complexity index is 3270. The van der Waals surface area contributed by atoms with Crippen LogP contribution < -0.4 is 5.19 Å². The van der Waals surface area contributed by atoms with Crippen molar-refractivity contribution in [2.45, 2.75) is 113 Å². The number of rotatable bonds is 8. The summed E-state index contributed by atoms with van der Waals surface area (Å²) in [7, 11) is -1.74. The predicted octanol–water partition coefficient (Wildman–Crippen LogP) is 16.9. The number of hydrogen-bond acceptors (Lipinski definition) is 3. The van der Waals surface area contributed by atoms with Gasteiger partial charge in [-0.1, -0.05) is 154 Å².